The summed E-state index contributed by atoms with van der Waals surface area (Å²) < 4.78 is 0. The first-order valence-electron chi connectivity index (χ1n) is 12.1. The van der Waals surface area contributed by atoms with Crippen LogP contribution in [0.3, 0.4) is 0 Å². The number of anilines is 4. The standard InChI is InChI=1S/C31H22N4OS2/c36-27(28-25(21-13-5-1-6-14-21)34-30(37-28)32-23-17-9-3-10-18-23)29-26(22-15-7-2-8-16-22)35-31(38-29)33-24-19-11-4-12-20-24/h1-20H,(H,32,34)(H,33,35). The summed E-state index contributed by atoms with van der Waals surface area (Å²) in [5, 5.41) is 8.03. The number of carbonyl (C=O) groups excluding carboxylic acids is 1. The van der Waals surface area contributed by atoms with Gasteiger partial charge in [0.1, 0.15) is 9.75 Å². The summed E-state index contributed by atoms with van der Waals surface area (Å²) in [5.74, 6) is -0.0973. The highest BCUT2D eigenvalue weighted by molar-refractivity contribution is 7.21. The number of nitrogens with zero attached hydrogens (tertiary/aromatic N) is 2. The van der Waals surface area contributed by atoms with Crippen molar-refractivity contribution in [3.05, 3.63) is 131 Å². The number of benzene rings is 4. The number of hydrogen-bond donors (Lipinski definition) is 2. The lowest BCUT2D eigenvalue weighted by molar-refractivity contribution is 0.104. The molecule has 2 aromatic heterocycles. The van der Waals surface area contributed by atoms with Gasteiger partial charge in [-0.15, -0.1) is 0 Å². The topological polar surface area (TPSA) is 66.9 Å². The number of para-hydroxylation sites is 2. The quantitative estimate of drug-likeness (QED) is 0.193. The van der Waals surface area contributed by atoms with E-state index in [1.54, 1.807) is 0 Å². The van der Waals surface area contributed by atoms with E-state index < -0.39 is 0 Å². The molecule has 0 amide bonds. The minimum atomic E-state index is -0.0973. The summed E-state index contributed by atoms with van der Waals surface area (Å²) >= 11 is 2.71. The van der Waals surface area contributed by atoms with Gasteiger partial charge in [0.25, 0.3) is 0 Å². The number of hydrogen-bond acceptors (Lipinski definition) is 7. The molecule has 0 bridgehead atoms. The van der Waals surface area contributed by atoms with Crippen LogP contribution in [0.25, 0.3) is 22.5 Å². The molecule has 4 aromatic carbocycles. The summed E-state index contributed by atoms with van der Waals surface area (Å²) in [6, 6.07) is 39.3. The molecule has 0 radical (unpaired) electrons. The third-order valence-corrected chi connectivity index (χ3v) is 7.75. The van der Waals surface area contributed by atoms with E-state index in [0.29, 0.717) is 31.4 Å². The van der Waals surface area contributed by atoms with Gasteiger partial charge < -0.3 is 10.6 Å². The molecule has 0 spiro atoms. The molecular formula is C31H22N4OS2. The Kier molecular flexibility index (Phi) is 6.76. The van der Waals surface area contributed by atoms with Gasteiger partial charge in [0.05, 0.1) is 11.4 Å². The van der Waals surface area contributed by atoms with Crippen molar-refractivity contribution in [2.24, 2.45) is 0 Å². The fraction of sp³-hybridized carbons (Fsp3) is 0. The molecule has 7 heteroatoms. The van der Waals surface area contributed by atoms with Crippen molar-refractivity contribution in [3.63, 3.8) is 0 Å². The second-order valence-electron chi connectivity index (χ2n) is 8.44. The third-order valence-electron chi connectivity index (χ3n) is 5.81. The zero-order valence-corrected chi connectivity index (χ0v) is 21.8. The van der Waals surface area contributed by atoms with Gasteiger partial charge in [0.15, 0.2) is 10.3 Å². The zero-order valence-electron chi connectivity index (χ0n) is 20.2. The molecule has 0 fully saturated rings. The van der Waals surface area contributed by atoms with Crippen LogP contribution in [0.2, 0.25) is 0 Å². The summed E-state index contributed by atoms with van der Waals surface area (Å²) in [6.07, 6.45) is 0. The van der Waals surface area contributed by atoms with Gasteiger partial charge in [-0.2, -0.15) is 0 Å². The van der Waals surface area contributed by atoms with Crippen LogP contribution in [0.4, 0.5) is 21.6 Å². The van der Waals surface area contributed by atoms with Crippen LogP contribution >= 0.6 is 22.7 Å². The molecule has 184 valence electrons. The molecule has 0 saturated carbocycles. The monoisotopic (exact) mass is 530 g/mol. The number of thiazole rings is 2. The first-order valence-corrected chi connectivity index (χ1v) is 13.7. The molecule has 5 nitrogen and oxygen atoms in total. The van der Waals surface area contributed by atoms with E-state index in [9.17, 15) is 4.79 Å². The second kappa shape index (κ2) is 10.8. The highest BCUT2D eigenvalue weighted by atomic mass is 32.1. The van der Waals surface area contributed by atoms with Crippen LogP contribution in [0, 0.1) is 0 Å². The Morgan fingerprint density at radius 1 is 0.500 bits per heavy atom. The molecule has 38 heavy (non-hydrogen) atoms. The van der Waals surface area contributed by atoms with Crippen LogP contribution in [-0.2, 0) is 0 Å². The van der Waals surface area contributed by atoms with Crippen molar-refractivity contribution < 1.29 is 4.79 Å². The van der Waals surface area contributed by atoms with Gasteiger partial charge in [0, 0.05) is 22.5 Å². The van der Waals surface area contributed by atoms with Gasteiger partial charge in [0.2, 0.25) is 5.78 Å². The van der Waals surface area contributed by atoms with E-state index >= 15 is 0 Å². The molecule has 0 aliphatic heterocycles. The fourth-order valence-electron chi connectivity index (χ4n) is 4.03. The zero-order chi connectivity index (χ0) is 25.7. The fourth-order valence-corrected chi connectivity index (χ4v) is 6.00. The van der Waals surface area contributed by atoms with Crippen molar-refractivity contribution in [2.45, 2.75) is 0 Å². The highest BCUT2D eigenvalue weighted by Gasteiger charge is 2.27. The van der Waals surface area contributed by atoms with Gasteiger partial charge in [-0.1, -0.05) is 120 Å². The maximum atomic E-state index is 14.3. The average Bonchev–Trinajstić information content (AvgIpc) is 3.59. The molecule has 6 rings (SSSR count). The largest absolute Gasteiger partial charge is 0.332 e. The lowest BCUT2D eigenvalue weighted by Crippen LogP contribution is -2.00. The number of aromatic nitrogens is 2. The predicted octanol–water partition coefficient (Wildman–Crippen LogP) is 8.65. The Balaban J connectivity index is 1.44. The minimum Gasteiger partial charge on any atom is -0.332 e. The molecule has 0 aliphatic rings. The Labute approximate surface area is 228 Å². The SMILES string of the molecule is O=C(c1sc(Nc2ccccc2)nc1-c1ccccc1)c1sc(Nc2ccccc2)nc1-c1ccccc1. The number of rotatable bonds is 8. The van der Waals surface area contributed by atoms with E-state index in [0.717, 1.165) is 22.5 Å². The molecule has 0 unspecified atom stereocenters. The van der Waals surface area contributed by atoms with Crippen molar-refractivity contribution in [1.82, 2.24) is 9.97 Å². The molecule has 2 N–H and O–H groups in total. The molecule has 0 aliphatic carbocycles. The molecule has 6 aromatic rings. The number of nitrogens with one attached hydrogen (secondary N) is 2. The Morgan fingerprint density at radius 2 is 0.842 bits per heavy atom. The number of ketones is 1. The van der Waals surface area contributed by atoms with Gasteiger partial charge in [-0.3, -0.25) is 4.79 Å². The van der Waals surface area contributed by atoms with Crippen LogP contribution in [0.15, 0.2) is 121 Å². The summed E-state index contributed by atoms with van der Waals surface area (Å²) in [5.41, 5.74) is 4.92. The van der Waals surface area contributed by atoms with Crippen molar-refractivity contribution in [2.75, 3.05) is 10.6 Å². The van der Waals surface area contributed by atoms with Crippen LogP contribution in [0.5, 0.6) is 0 Å². The highest BCUT2D eigenvalue weighted by Crippen LogP contribution is 2.39. The van der Waals surface area contributed by atoms with Gasteiger partial charge in [-0.05, 0) is 24.3 Å². The number of carbonyl (C=O) groups is 1. The second-order valence-corrected chi connectivity index (χ2v) is 10.4. The van der Waals surface area contributed by atoms with E-state index in [4.69, 9.17) is 9.97 Å². The summed E-state index contributed by atoms with van der Waals surface area (Å²) in [4.78, 5) is 25.1. The first kappa shape index (κ1) is 23.8. The molecular weight excluding hydrogens is 509 g/mol. The van der Waals surface area contributed by atoms with E-state index in [1.165, 1.54) is 22.7 Å². The maximum absolute atomic E-state index is 14.3. The van der Waals surface area contributed by atoms with Crippen LogP contribution in [0.1, 0.15) is 14.5 Å². The van der Waals surface area contributed by atoms with Crippen LogP contribution in [-0.4, -0.2) is 15.8 Å². The summed E-state index contributed by atoms with van der Waals surface area (Å²) in [7, 11) is 0. The van der Waals surface area contributed by atoms with Crippen molar-refractivity contribution in [3.8, 4) is 22.5 Å². The van der Waals surface area contributed by atoms with E-state index in [-0.39, 0.29) is 5.78 Å². The summed E-state index contributed by atoms with van der Waals surface area (Å²) in [6.45, 7) is 0. The lowest BCUT2D eigenvalue weighted by Gasteiger charge is -2.03. The normalized spacial score (nSPS) is 10.7. The maximum Gasteiger partial charge on any atom is 0.217 e. The van der Waals surface area contributed by atoms with E-state index in [2.05, 4.69) is 10.6 Å². The predicted molar refractivity (Wildman–Crippen MR) is 158 cm³/mol. The Hall–Kier alpha value is -4.59. The Bertz CT molecular complexity index is 1540. The smallest absolute Gasteiger partial charge is 0.217 e. The average molecular weight is 531 g/mol. The minimum absolute atomic E-state index is 0.0973. The Morgan fingerprint density at radius 3 is 1.21 bits per heavy atom. The van der Waals surface area contributed by atoms with Crippen LogP contribution < -0.4 is 10.6 Å². The van der Waals surface area contributed by atoms with Gasteiger partial charge >= 0.3 is 0 Å². The lowest BCUT2D eigenvalue weighted by atomic mass is 10.1. The first-order chi connectivity index (χ1) is 18.7. The molecule has 2 heterocycles. The van der Waals surface area contributed by atoms with Gasteiger partial charge in [-0.25, -0.2) is 9.97 Å². The molecule has 0 atom stereocenters. The van der Waals surface area contributed by atoms with Crippen molar-refractivity contribution in [1.29, 1.82) is 0 Å². The van der Waals surface area contributed by atoms with E-state index in [1.807, 2.05) is 121 Å². The van der Waals surface area contributed by atoms with Crippen molar-refractivity contribution >= 4 is 50.1 Å². The third kappa shape index (κ3) is 5.11. The molecule has 0 saturated heterocycles.